The van der Waals surface area contributed by atoms with E-state index in [4.69, 9.17) is 23.0 Å². The van der Waals surface area contributed by atoms with Crippen LogP contribution in [-0.2, 0) is 31.0 Å². The van der Waals surface area contributed by atoms with Crippen molar-refractivity contribution in [3.63, 3.8) is 0 Å². The van der Waals surface area contributed by atoms with Crippen molar-refractivity contribution in [3.8, 4) is 0 Å². The van der Waals surface area contributed by atoms with Crippen LogP contribution in [0.4, 0.5) is 0 Å². The summed E-state index contributed by atoms with van der Waals surface area (Å²) < 4.78 is 32.1. The summed E-state index contributed by atoms with van der Waals surface area (Å²) in [6, 6.07) is 0. The van der Waals surface area contributed by atoms with Crippen molar-refractivity contribution in [2.24, 2.45) is 9.17 Å². The fourth-order valence-electron chi connectivity index (χ4n) is 2.47. The molecule has 218 valence electrons. The molecule has 0 saturated heterocycles. The van der Waals surface area contributed by atoms with Crippen LogP contribution in [0.2, 0.25) is 54.4 Å². The zero-order valence-electron chi connectivity index (χ0n) is 26.4. The third-order valence-corrected chi connectivity index (χ3v) is 26.9. The van der Waals surface area contributed by atoms with Gasteiger partial charge in [0.2, 0.25) is 0 Å². The first-order valence-electron chi connectivity index (χ1n) is 13.0. The molecule has 0 aliphatic heterocycles. The summed E-state index contributed by atoms with van der Waals surface area (Å²) in [6.07, 6.45) is 0. The topological polar surface area (TPSA) is 107 Å². The zero-order valence-corrected chi connectivity index (χ0v) is 31.0. The smallest absolute Gasteiger partial charge is 0.195 e. The van der Waals surface area contributed by atoms with E-state index in [0.717, 1.165) is 0 Å². The number of thiazole rings is 1. The summed E-state index contributed by atoms with van der Waals surface area (Å²) in [5.74, 6) is 0. The van der Waals surface area contributed by atoms with Crippen LogP contribution < -0.4 is 5.14 Å². The van der Waals surface area contributed by atoms with E-state index < -0.39 is 40.4 Å². The first kappa shape index (κ1) is 35.1. The van der Waals surface area contributed by atoms with Crippen molar-refractivity contribution >= 4 is 46.1 Å². The van der Waals surface area contributed by atoms with Gasteiger partial charge in [-0.15, -0.1) is 11.3 Å². The van der Waals surface area contributed by atoms with Gasteiger partial charge in [0.15, 0.2) is 24.9 Å². The second kappa shape index (κ2) is 10.8. The molecular weight excluding hydrogens is 555 g/mol. The lowest BCUT2D eigenvalue weighted by molar-refractivity contribution is 0.00224. The number of aliphatic hydroxyl groups is 1. The number of aromatic nitrogens is 1. The van der Waals surface area contributed by atoms with E-state index in [1.807, 2.05) is 0 Å². The summed E-state index contributed by atoms with van der Waals surface area (Å²) in [5, 5.41) is 18.3. The van der Waals surface area contributed by atoms with E-state index in [2.05, 4.69) is 102 Å². The van der Waals surface area contributed by atoms with Gasteiger partial charge in [-0.3, -0.25) is 4.03 Å². The van der Waals surface area contributed by atoms with Crippen LogP contribution in [0.1, 0.15) is 79.9 Å². The Labute approximate surface area is 235 Å². The Morgan fingerprint density at radius 3 is 1.70 bits per heavy atom. The summed E-state index contributed by atoms with van der Waals surface area (Å²) in [5.41, 5.74) is -0.858. The van der Waals surface area contributed by atoms with Gasteiger partial charge in [0, 0.05) is 0 Å². The van der Waals surface area contributed by atoms with Crippen molar-refractivity contribution in [1.82, 2.24) is 4.98 Å². The third kappa shape index (κ3) is 8.53. The highest BCUT2D eigenvalue weighted by Crippen LogP contribution is 2.42. The van der Waals surface area contributed by atoms with Crippen molar-refractivity contribution in [1.29, 1.82) is 0 Å². The van der Waals surface area contributed by atoms with Gasteiger partial charge in [0.1, 0.15) is 24.7 Å². The molecule has 12 heteroatoms. The molecule has 0 aliphatic carbocycles. The van der Waals surface area contributed by atoms with Gasteiger partial charge >= 0.3 is 0 Å². The first-order valence-corrected chi connectivity index (χ1v) is 24.2. The molecule has 1 rings (SSSR count). The predicted molar refractivity (Wildman–Crippen MR) is 167 cm³/mol. The summed E-state index contributed by atoms with van der Waals surface area (Å²) >= 11 is 1.18. The molecular formula is C25H55N3O4S2Si3. The Hall–Kier alpha value is 0.0706. The molecule has 1 aromatic rings. The lowest BCUT2D eigenvalue weighted by Crippen LogP contribution is -2.44. The number of nitrogens with zero attached hydrogens (tertiary/aromatic N) is 2. The minimum absolute atomic E-state index is 0.00412. The molecule has 0 amide bonds. The normalized spacial score (nSPS) is 17.9. The van der Waals surface area contributed by atoms with E-state index in [9.17, 15) is 9.32 Å². The second-order valence-corrected chi connectivity index (χ2v) is 32.9. The Balaban J connectivity index is 3.63. The SMILES string of the molecule is CC(O)(CO[Si](C)(C)C(C)(C)C)c1nc(CO[Si](C)(C)C(C)(C)C)c(S(N)(=O)=N[Si](C)(C)C(C)(C)C)s1. The van der Waals surface area contributed by atoms with Gasteiger partial charge in [-0.25, -0.2) is 14.3 Å². The van der Waals surface area contributed by atoms with Crippen LogP contribution in [0, 0.1) is 0 Å². The maximum absolute atomic E-state index is 14.0. The monoisotopic (exact) mass is 609 g/mol. The quantitative estimate of drug-likeness (QED) is 0.280. The fraction of sp³-hybridized carbons (Fsp3) is 0.880. The number of rotatable bonds is 9. The van der Waals surface area contributed by atoms with E-state index in [-0.39, 0.29) is 28.3 Å². The summed E-state index contributed by atoms with van der Waals surface area (Å²) in [6.45, 7) is 34.1. The fourth-order valence-corrected chi connectivity index (χ4v) is 10.9. The van der Waals surface area contributed by atoms with Gasteiger partial charge in [-0.05, 0) is 61.3 Å². The van der Waals surface area contributed by atoms with E-state index >= 15 is 0 Å². The zero-order chi connectivity index (χ0) is 29.7. The van der Waals surface area contributed by atoms with Crippen molar-refractivity contribution in [3.05, 3.63) is 10.7 Å². The highest BCUT2D eigenvalue weighted by molar-refractivity contribution is 7.94. The van der Waals surface area contributed by atoms with Gasteiger partial charge in [-0.1, -0.05) is 62.3 Å². The molecule has 0 bridgehead atoms. The number of nitrogens with two attached hydrogens (primary N) is 1. The Morgan fingerprint density at radius 1 is 0.865 bits per heavy atom. The third-order valence-electron chi connectivity index (χ3n) is 8.48. The Morgan fingerprint density at radius 2 is 1.30 bits per heavy atom. The van der Waals surface area contributed by atoms with Crippen LogP contribution >= 0.6 is 11.3 Å². The van der Waals surface area contributed by atoms with Crippen LogP contribution in [-0.4, -0.2) is 45.8 Å². The molecule has 1 heterocycles. The number of hydrogen-bond donors (Lipinski definition) is 2. The predicted octanol–water partition coefficient (Wildman–Crippen LogP) is 7.60. The standard InChI is InChI=1S/C25H55N3O4S2Si3/c1-22(2,3)35(11,12)28-34(26,30)20-19(17-31-36(13,14)23(4,5)6)27-21(33-20)25(10,29)18-32-37(15,16)24(7,8)9/h29H,17-18H2,1-16H3,(H2,26,28,30). The lowest BCUT2D eigenvalue weighted by atomic mass is 10.1. The molecule has 2 atom stereocenters. The summed E-state index contributed by atoms with van der Waals surface area (Å²) in [4.78, 5) is 4.79. The molecule has 3 N–H and O–H groups in total. The largest absolute Gasteiger partial charge is 0.413 e. The molecule has 1 aromatic heterocycles. The minimum atomic E-state index is -3.26. The Bertz CT molecular complexity index is 1070. The van der Waals surface area contributed by atoms with Crippen LogP contribution in [0.15, 0.2) is 8.24 Å². The molecule has 7 nitrogen and oxygen atoms in total. The van der Waals surface area contributed by atoms with Crippen LogP contribution in [0.25, 0.3) is 0 Å². The molecule has 37 heavy (non-hydrogen) atoms. The van der Waals surface area contributed by atoms with Gasteiger partial charge in [-0.2, -0.15) is 0 Å². The lowest BCUT2D eigenvalue weighted by Gasteiger charge is -2.38. The average Bonchev–Trinajstić information content (AvgIpc) is 3.08. The maximum atomic E-state index is 14.0. The number of hydrogen-bond acceptors (Lipinski definition) is 7. The highest BCUT2D eigenvalue weighted by atomic mass is 32.2. The molecule has 0 aliphatic rings. The van der Waals surface area contributed by atoms with E-state index in [1.54, 1.807) is 6.92 Å². The van der Waals surface area contributed by atoms with Crippen LogP contribution in [0.5, 0.6) is 0 Å². The van der Waals surface area contributed by atoms with Gasteiger partial charge in [0.05, 0.1) is 18.9 Å². The van der Waals surface area contributed by atoms with Crippen LogP contribution in [0.3, 0.4) is 0 Å². The van der Waals surface area contributed by atoms with Gasteiger partial charge in [0.25, 0.3) is 0 Å². The first-order chi connectivity index (χ1) is 16.0. The molecule has 0 saturated carbocycles. The molecule has 0 radical (unpaired) electrons. The van der Waals surface area contributed by atoms with Crippen molar-refractivity contribution in [2.45, 2.75) is 140 Å². The summed E-state index contributed by atoms with van der Waals surface area (Å²) in [7, 11) is -9.82. The second-order valence-electron chi connectivity index (χ2n) is 15.1. The van der Waals surface area contributed by atoms with Crippen molar-refractivity contribution < 1.29 is 18.2 Å². The highest BCUT2D eigenvalue weighted by Gasteiger charge is 2.42. The molecule has 2 unspecified atom stereocenters. The molecule has 0 aromatic carbocycles. The Kier molecular flexibility index (Phi) is 10.3. The average molecular weight is 610 g/mol. The molecule has 0 fully saturated rings. The van der Waals surface area contributed by atoms with Gasteiger partial charge < -0.3 is 14.0 Å². The van der Waals surface area contributed by atoms with Crippen molar-refractivity contribution in [2.75, 3.05) is 6.61 Å². The van der Waals surface area contributed by atoms with E-state index in [1.165, 1.54) is 11.3 Å². The molecule has 0 spiro atoms. The van der Waals surface area contributed by atoms with E-state index in [0.29, 0.717) is 14.9 Å². The maximum Gasteiger partial charge on any atom is 0.195 e. The minimum Gasteiger partial charge on any atom is -0.413 e.